The number of rotatable bonds is 8. The van der Waals surface area contributed by atoms with Gasteiger partial charge in [-0.2, -0.15) is 5.10 Å². The molecule has 8 nitrogen and oxygen atoms in total. The monoisotopic (exact) mass is 564 g/mol. The van der Waals surface area contributed by atoms with E-state index in [1.165, 1.54) is 17.5 Å². The van der Waals surface area contributed by atoms with Crippen molar-refractivity contribution in [3.05, 3.63) is 70.9 Å². The molecule has 0 radical (unpaired) electrons. The van der Waals surface area contributed by atoms with Crippen LogP contribution in [0.15, 0.2) is 52.1 Å². The number of anilines is 1. The van der Waals surface area contributed by atoms with Crippen LogP contribution in [0.25, 0.3) is 0 Å². The van der Waals surface area contributed by atoms with E-state index in [0.717, 1.165) is 30.2 Å². The Balaban J connectivity index is 0.00000385. The van der Waals surface area contributed by atoms with Gasteiger partial charge in [0.2, 0.25) is 0 Å². The van der Waals surface area contributed by atoms with E-state index < -0.39 is 0 Å². The molecule has 3 rings (SSSR count). The first-order valence-electron chi connectivity index (χ1n) is 10.8. The highest BCUT2D eigenvalue weighted by atomic mass is 127. The van der Waals surface area contributed by atoms with E-state index in [9.17, 15) is 4.79 Å². The first-order chi connectivity index (χ1) is 15.4. The van der Waals surface area contributed by atoms with Crippen LogP contribution in [0.2, 0.25) is 0 Å². The van der Waals surface area contributed by atoms with E-state index in [0.29, 0.717) is 12.2 Å². The molecule has 1 aromatic carbocycles. The minimum atomic E-state index is -0.271. The summed E-state index contributed by atoms with van der Waals surface area (Å²) in [6.07, 6.45) is 2.35. The fraction of sp³-hybridized carbons (Fsp3) is 0.375. The standard InChI is InChI=1S/C24H32N6O2.HI/c1-6-25-24(27-16(2)14-21-17(3)29-30(5)18(21)4)26-15-19-9-11-20(12-10-19)28-23(31)22-8-7-13-32-22;/h7-13,16H,6,14-15H2,1-5H3,(H,28,31)(H2,25,26,27);1H. The molecule has 1 atom stereocenters. The average molecular weight is 564 g/mol. The van der Waals surface area contributed by atoms with Crippen LogP contribution in [-0.4, -0.2) is 34.2 Å². The number of hydrogen-bond acceptors (Lipinski definition) is 4. The van der Waals surface area contributed by atoms with Crippen molar-refractivity contribution in [2.75, 3.05) is 11.9 Å². The second kappa shape index (κ2) is 12.4. The molecule has 2 aromatic heterocycles. The molecule has 0 spiro atoms. The summed E-state index contributed by atoms with van der Waals surface area (Å²) in [5.41, 5.74) is 5.29. The molecule has 3 aromatic rings. The molecule has 0 aliphatic rings. The van der Waals surface area contributed by atoms with Crippen LogP contribution in [0, 0.1) is 13.8 Å². The molecular weight excluding hydrogens is 531 g/mol. The summed E-state index contributed by atoms with van der Waals surface area (Å²) in [6.45, 7) is 9.65. The highest BCUT2D eigenvalue weighted by molar-refractivity contribution is 14.0. The molecule has 1 amide bonds. The van der Waals surface area contributed by atoms with Crippen LogP contribution in [-0.2, 0) is 20.0 Å². The summed E-state index contributed by atoms with van der Waals surface area (Å²) in [7, 11) is 1.98. The number of nitrogens with one attached hydrogen (secondary N) is 3. The zero-order chi connectivity index (χ0) is 23.1. The highest BCUT2D eigenvalue weighted by Crippen LogP contribution is 2.15. The lowest BCUT2D eigenvalue weighted by atomic mass is 10.1. The topological polar surface area (TPSA) is 96.5 Å². The minimum Gasteiger partial charge on any atom is -0.459 e. The van der Waals surface area contributed by atoms with Crippen LogP contribution in [0.4, 0.5) is 5.69 Å². The first kappa shape index (κ1) is 26.4. The summed E-state index contributed by atoms with van der Waals surface area (Å²) in [4.78, 5) is 16.8. The van der Waals surface area contributed by atoms with Crippen LogP contribution >= 0.6 is 24.0 Å². The summed E-state index contributed by atoms with van der Waals surface area (Å²) >= 11 is 0. The van der Waals surface area contributed by atoms with Crippen molar-refractivity contribution in [2.45, 2.75) is 46.7 Å². The van der Waals surface area contributed by atoms with E-state index >= 15 is 0 Å². The molecule has 0 saturated heterocycles. The number of amides is 1. The third-order valence-corrected chi connectivity index (χ3v) is 5.27. The second-order valence-corrected chi connectivity index (χ2v) is 7.85. The minimum absolute atomic E-state index is 0. The summed E-state index contributed by atoms with van der Waals surface area (Å²) in [5, 5.41) is 14.1. The molecule has 1 unspecified atom stereocenters. The van der Waals surface area contributed by atoms with Gasteiger partial charge in [0.15, 0.2) is 11.7 Å². The van der Waals surface area contributed by atoms with E-state index in [1.807, 2.05) is 42.9 Å². The third-order valence-electron chi connectivity index (χ3n) is 5.27. The fourth-order valence-electron chi connectivity index (χ4n) is 3.49. The quantitative estimate of drug-likeness (QED) is 0.217. The number of furan rings is 1. The van der Waals surface area contributed by atoms with Crippen molar-refractivity contribution in [1.82, 2.24) is 20.4 Å². The number of guanidine groups is 1. The zero-order valence-corrected chi connectivity index (χ0v) is 22.1. The number of benzene rings is 1. The molecule has 178 valence electrons. The van der Waals surface area contributed by atoms with Gasteiger partial charge in [-0.1, -0.05) is 12.1 Å². The molecule has 33 heavy (non-hydrogen) atoms. The number of aliphatic imine (C=N–C) groups is 1. The molecule has 0 aliphatic carbocycles. The van der Waals surface area contributed by atoms with E-state index in [4.69, 9.17) is 9.41 Å². The Labute approximate surface area is 212 Å². The Kier molecular flexibility index (Phi) is 9.95. The molecule has 0 fully saturated rings. The van der Waals surface area contributed by atoms with Gasteiger partial charge >= 0.3 is 0 Å². The van der Waals surface area contributed by atoms with Crippen molar-refractivity contribution in [2.24, 2.45) is 12.0 Å². The summed E-state index contributed by atoms with van der Waals surface area (Å²) in [6, 6.07) is 11.2. The van der Waals surface area contributed by atoms with Gasteiger partial charge in [-0.15, -0.1) is 24.0 Å². The number of halogens is 1. The van der Waals surface area contributed by atoms with Gasteiger partial charge in [-0.3, -0.25) is 9.48 Å². The molecular formula is C24H33IN6O2. The number of aryl methyl sites for hydroxylation is 2. The van der Waals surface area contributed by atoms with Crippen molar-refractivity contribution < 1.29 is 9.21 Å². The molecule has 3 N–H and O–H groups in total. The molecule has 0 aliphatic heterocycles. The van der Waals surface area contributed by atoms with Crippen LogP contribution < -0.4 is 16.0 Å². The summed E-state index contributed by atoms with van der Waals surface area (Å²) < 4.78 is 7.04. The third kappa shape index (κ3) is 7.34. The zero-order valence-electron chi connectivity index (χ0n) is 19.8. The maximum Gasteiger partial charge on any atom is 0.291 e. The van der Waals surface area contributed by atoms with Crippen molar-refractivity contribution >= 4 is 41.5 Å². The Hall–Kier alpha value is -2.82. The second-order valence-electron chi connectivity index (χ2n) is 7.85. The lowest BCUT2D eigenvalue weighted by molar-refractivity contribution is 0.0996. The van der Waals surface area contributed by atoms with Crippen LogP contribution in [0.3, 0.4) is 0 Å². The van der Waals surface area contributed by atoms with Gasteiger partial charge in [0.1, 0.15) is 0 Å². The van der Waals surface area contributed by atoms with Gasteiger partial charge in [-0.25, -0.2) is 4.99 Å². The molecule has 0 bridgehead atoms. The highest BCUT2D eigenvalue weighted by Gasteiger charge is 2.14. The van der Waals surface area contributed by atoms with E-state index in [2.05, 4.69) is 41.8 Å². The van der Waals surface area contributed by atoms with Crippen LogP contribution in [0.5, 0.6) is 0 Å². The largest absolute Gasteiger partial charge is 0.459 e. The Morgan fingerprint density at radius 3 is 2.52 bits per heavy atom. The number of hydrogen-bond donors (Lipinski definition) is 3. The van der Waals surface area contributed by atoms with E-state index in [1.54, 1.807) is 12.1 Å². The van der Waals surface area contributed by atoms with Gasteiger partial charge in [0.25, 0.3) is 5.91 Å². The van der Waals surface area contributed by atoms with Crippen molar-refractivity contribution in [3.63, 3.8) is 0 Å². The number of carbonyl (C=O) groups excluding carboxylic acids is 1. The van der Waals surface area contributed by atoms with Gasteiger partial charge in [-0.05, 0) is 69.5 Å². The average Bonchev–Trinajstić information content (AvgIpc) is 3.38. The summed E-state index contributed by atoms with van der Waals surface area (Å²) in [5.74, 6) is 0.785. The normalized spacial score (nSPS) is 12.1. The maximum absolute atomic E-state index is 12.1. The van der Waals surface area contributed by atoms with E-state index in [-0.39, 0.29) is 41.7 Å². The Morgan fingerprint density at radius 1 is 1.21 bits per heavy atom. The molecule has 2 heterocycles. The van der Waals surface area contributed by atoms with Crippen LogP contribution in [0.1, 0.15) is 46.9 Å². The maximum atomic E-state index is 12.1. The van der Waals surface area contributed by atoms with Crippen molar-refractivity contribution in [1.29, 1.82) is 0 Å². The lowest BCUT2D eigenvalue weighted by Gasteiger charge is -2.18. The Morgan fingerprint density at radius 2 is 1.94 bits per heavy atom. The molecule has 9 heteroatoms. The van der Waals surface area contributed by atoms with Gasteiger partial charge in [0.05, 0.1) is 18.5 Å². The SMILES string of the molecule is CCNC(=NCc1ccc(NC(=O)c2ccco2)cc1)NC(C)Cc1c(C)nn(C)c1C.I. The number of carbonyl (C=O) groups is 1. The van der Waals surface area contributed by atoms with Crippen molar-refractivity contribution in [3.8, 4) is 0 Å². The van der Waals surface area contributed by atoms with Gasteiger partial charge in [0, 0.05) is 31.0 Å². The predicted molar refractivity (Wildman–Crippen MR) is 142 cm³/mol. The molecule has 0 saturated carbocycles. The fourth-order valence-corrected chi connectivity index (χ4v) is 3.49. The van der Waals surface area contributed by atoms with Gasteiger partial charge < -0.3 is 20.4 Å². The first-order valence-corrected chi connectivity index (χ1v) is 10.8. The lowest BCUT2D eigenvalue weighted by Crippen LogP contribution is -2.43. The Bertz CT molecular complexity index is 1060. The predicted octanol–water partition coefficient (Wildman–Crippen LogP) is 4.19. The number of aromatic nitrogens is 2. The number of nitrogens with zero attached hydrogens (tertiary/aromatic N) is 3. The smallest absolute Gasteiger partial charge is 0.291 e.